The van der Waals surface area contributed by atoms with E-state index in [-0.39, 0.29) is 11.8 Å². The molecular weight excluding hydrogens is 402 g/mol. The fourth-order valence-electron chi connectivity index (χ4n) is 4.51. The highest BCUT2D eigenvalue weighted by Crippen LogP contribution is 2.17. The molecule has 1 N–H and O–H groups in total. The Labute approximate surface area is 190 Å². The summed E-state index contributed by atoms with van der Waals surface area (Å²) in [6, 6.07) is 17.6. The van der Waals surface area contributed by atoms with Gasteiger partial charge in [-0.3, -0.25) is 9.59 Å². The number of nitrogens with zero attached hydrogens (tertiary/aromatic N) is 2. The van der Waals surface area contributed by atoms with Crippen molar-refractivity contribution in [2.75, 3.05) is 52.5 Å². The molecule has 0 aromatic heterocycles. The molecule has 0 aliphatic carbocycles. The van der Waals surface area contributed by atoms with Crippen molar-refractivity contribution in [1.82, 2.24) is 15.1 Å². The number of hydrogen-bond acceptors (Lipinski definition) is 4. The Morgan fingerprint density at radius 1 is 0.938 bits per heavy atom. The molecule has 0 spiro atoms. The van der Waals surface area contributed by atoms with Crippen LogP contribution in [0.25, 0.3) is 0 Å². The second kappa shape index (κ2) is 11.2. The average Bonchev–Trinajstić information content (AvgIpc) is 2.87. The van der Waals surface area contributed by atoms with Crippen LogP contribution in [0, 0.1) is 5.92 Å². The lowest BCUT2D eigenvalue weighted by Gasteiger charge is -2.32. The van der Waals surface area contributed by atoms with Crippen LogP contribution in [0.1, 0.15) is 39.1 Å². The van der Waals surface area contributed by atoms with Crippen LogP contribution in [0.5, 0.6) is 0 Å². The summed E-state index contributed by atoms with van der Waals surface area (Å²) in [4.78, 5) is 29.5. The predicted octanol–water partition coefficient (Wildman–Crippen LogP) is 2.84. The van der Waals surface area contributed by atoms with Gasteiger partial charge in [0.1, 0.15) is 0 Å². The third-order valence-electron chi connectivity index (χ3n) is 6.41. The van der Waals surface area contributed by atoms with E-state index in [0.717, 1.165) is 32.5 Å². The van der Waals surface area contributed by atoms with Crippen molar-refractivity contribution in [2.24, 2.45) is 5.92 Å². The van der Waals surface area contributed by atoms with Crippen LogP contribution in [0.2, 0.25) is 0 Å². The first kappa shape index (κ1) is 22.5. The molecule has 0 saturated carbocycles. The Hall–Kier alpha value is -2.70. The number of rotatable bonds is 7. The summed E-state index contributed by atoms with van der Waals surface area (Å²) < 4.78 is 5.30. The monoisotopic (exact) mass is 435 g/mol. The van der Waals surface area contributed by atoms with Gasteiger partial charge in [0.15, 0.2) is 0 Å². The average molecular weight is 436 g/mol. The molecule has 0 unspecified atom stereocenters. The molecule has 2 heterocycles. The highest BCUT2D eigenvalue weighted by Gasteiger charge is 2.21. The molecule has 1 atom stereocenters. The number of benzene rings is 2. The molecular formula is C26H33N3O3. The fourth-order valence-corrected chi connectivity index (χ4v) is 4.51. The third kappa shape index (κ3) is 6.17. The quantitative estimate of drug-likeness (QED) is 0.727. The van der Waals surface area contributed by atoms with Gasteiger partial charge in [0.25, 0.3) is 11.8 Å². The van der Waals surface area contributed by atoms with E-state index in [1.807, 2.05) is 0 Å². The van der Waals surface area contributed by atoms with Gasteiger partial charge >= 0.3 is 0 Å². The molecule has 2 aliphatic rings. The van der Waals surface area contributed by atoms with E-state index in [4.69, 9.17) is 4.74 Å². The van der Waals surface area contributed by atoms with Crippen LogP contribution in [0.3, 0.4) is 0 Å². The van der Waals surface area contributed by atoms with Crippen LogP contribution < -0.4 is 5.32 Å². The summed E-state index contributed by atoms with van der Waals surface area (Å²) in [6.07, 6.45) is 3.39. The van der Waals surface area contributed by atoms with Crippen molar-refractivity contribution in [3.05, 3.63) is 71.3 Å². The van der Waals surface area contributed by atoms with E-state index in [0.29, 0.717) is 49.9 Å². The van der Waals surface area contributed by atoms with Gasteiger partial charge in [-0.2, -0.15) is 0 Å². The first-order valence-electron chi connectivity index (χ1n) is 11.7. The minimum Gasteiger partial charge on any atom is -0.378 e. The lowest BCUT2D eigenvalue weighted by atomic mass is 9.97. The molecule has 2 amide bonds. The van der Waals surface area contributed by atoms with E-state index < -0.39 is 0 Å². The number of piperidine rings is 1. The van der Waals surface area contributed by atoms with Crippen LogP contribution in [0.4, 0.5) is 0 Å². The van der Waals surface area contributed by atoms with Gasteiger partial charge in [-0.05, 0) is 61.6 Å². The summed E-state index contributed by atoms with van der Waals surface area (Å²) in [5, 5.41) is 3.10. The molecule has 2 aromatic carbocycles. The van der Waals surface area contributed by atoms with Crippen LogP contribution in [-0.4, -0.2) is 74.1 Å². The van der Waals surface area contributed by atoms with Crippen LogP contribution in [0.15, 0.2) is 54.6 Å². The Morgan fingerprint density at radius 3 is 2.41 bits per heavy atom. The molecule has 2 saturated heterocycles. The number of hydrogen-bond donors (Lipinski definition) is 1. The topological polar surface area (TPSA) is 61.9 Å². The van der Waals surface area contributed by atoms with Crippen molar-refractivity contribution in [1.29, 1.82) is 0 Å². The van der Waals surface area contributed by atoms with Gasteiger partial charge in [-0.15, -0.1) is 0 Å². The first-order chi connectivity index (χ1) is 15.7. The van der Waals surface area contributed by atoms with E-state index in [9.17, 15) is 9.59 Å². The molecule has 32 heavy (non-hydrogen) atoms. The third-order valence-corrected chi connectivity index (χ3v) is 6.41. The Morgan fingerprint density at radius 2 is 1.66 bits per heavy atom. The van der Waals surface area contributed by atoms with Crippen molar-refractivity contribution in [3.63, 3.8) is 0 Å². The number of likely N-dealkylation sites (tertiary alicyclic amines) is 1. The maximum absolute atomic E-state index is 12.6. The minimum atomic E-state index is -0.0724. The highest BCUT2D eigenvalue weighted by atomic mass is 16.5. The summed E-state index contributed by atoms with van der Waals surface area (Å²) >= 11 is 0. The summed E-state index contributed by atoms with van der Waals surface area (Å²) in [5.74, 6) is 0.403. The van der Waals surface area contributed by atoms with Gasteiger partial charge in [0.2, 0.25) is 0 Å². The molecule has 2 fully saturated rings. The number of carbonyl (C=O) groups excluding carboxylic acids is 2. The summed E-state index contributed by atoms with van der Waals surface area (Å²) in [7, 11) is 0. The maximum Gasteiger partial charge on any atom is 0.254 e. The van der Waals surface area contributed by atoms with Gasteiger partial charge in [-0.1, -0.05) is 30.3 Å². The van der Waals surface area contributed by atoms with Crippen LogP contribution >= 0.6 is 0 Å². The number of nitrogens with one attached hydrogen (secondary N) is 1. The molecule has 6 nitrogen and oxygen atoms in total. The Balaban J connectivity index is 1.22. The fraction of sp³-hybridized carbons (Fsp3) is 0.462. The summed E-state index contributed by atoms with van der Waals surface area (Å²) in [5.41, 5.74) is 2.59. The van der Waals surface area contributed by atoms with Gasteiger partial charge in [0.05, 0.1) is 13.2 Å². The maximum atomic E-state index is 12.6. The number of ether oxygens (including phenoxy) is 1. The minimum absolute atomic E-state index is 0.00180. The zero-order valence-electron chi connectivity index (χ0n) is 18.7. The van der Waals surface area contributed by atoms with E-state index in [2.05, 4.69) is 40.5 Å². The SMILES string of the molecule is O=C(NC[C@@H]1CCCN(CCc2ccccc2)C1)c1ccc(C(=O)N2CCOCC2)cc1. The highest BCUT2D eigenvalue weighted by molar-refractivity contribution is 5.97. The molecule has 4 rings (SSSR count). The Kier molecular flexibility index (Phi) is 7.91. The van der Waals surface area contributed by atoms with Crippen molar-refractivity contribution >= 4 is 11.8 Å². The molecule has 0 radical (unpaired) electrons. The zero-order valence-corrected chi connectivity index (χ0v) is 18.7. The van der Waals surface area contributed by atoms with Crippen molar-refractivity contribution in [2.45, 2.75) is 19.3 Å². The standard InChI is InChI=1S/C26H33N3O3/c30-25(23-8-10-24(11-9-23)26(31)29-15-17-32-18-16-29)27-19-22-7-4-13-28(20-22)14-12-21-5-2-1-3-6-21/h1-3,5-6,8-11,22H,4,7,12-20H2,(H,27,30)/t22-/m0/s1. The predicted molar refractivity (Wildman–Crippen MR) is 125 cm³/mol. The molecule has 2 aromatic rings. The zero-order chi connectivity index (χ0) is 22.2. The van der Waals surface area contributed by atoms with Crippen LogP contribution in [-0.2, 0) is 11.2 Å². The lowest BCUT2D eigenvalue weighted by Crippen LogP contribution is -2.41. The largest absolute Gasteiger partial charge is 0.378 e. The number of carbonyl (C=O) groups is 2. The molecule has 0 bridgehead atoms. The van der Waals surface area contributed by atoms with Crippen molar-refractivity contribution in [3.8, 4) is 0 Å². The second-order valence-electron chi connectivity index (χ2n) is 8.74. The van der Waals surface area contributed by atoms with Gasteiger partial charge in [-0.25, -0.2) is 0 Å². The number of morpholine rings is 1. The molecule has 170 valence electrons. The van der Waals surface area contributed by atoms with E-state index in [1.165, 1.54) is 12.0 Å². The second-order valence-corrected chi connectivity index (χ2v) is 8.74. The lowest BCUT2D eigenvalue weighted by molar-refractivity contribution is 0.0303. The Bertz CT molecular complexity index is 879. The van der Waals surface area contributed by atoms with Crippen molar-refractivity contribution < 1.29 is 14.3 Å². The molecule has 2 aliphatic heterocycles. The number of amides is 2. The smallest absolute Gasteiger partial charge is 0.254 e. The first-order valence-corrected chi connectivity index (χ1v) is 11.7. The molecule has 6 heteroatoms. The summed E-state index contributed by atoms with van der Waals surface area (Å²) in [6.45, 7) is 6.31. The van der Waals surface area contributed by atoms with Gasteiger partial charge < -0.3 is 19.9 Å². The van der Waals surface area contributed by atoms with E-state index in [1.54, 1.807) is 29.2 Å². The van der Waals surface area contributed by atoms with E-state index >= 15 is 0 Å². The van der Waals surface area contributed by atoms with Gasteiger partial charge in [0, 0.05) is 43.9 Å². The normalized spacial score (nSPS) is 19.5.